The molecule has 9 heteroatoms. The van der Waals surface area contributed by atoms with Gasteiger partial charge in [0.15, 0.2) is 5.96 Å². The van der Waals surface area contributed by atoms with E-state index >= 15 is 0 Å². The first-order valence-corrected chi connectivity index (χ1v) is 10.4. The molecule has 1 atom stereocenters. The fourth-order valence-electron chi connectivity index (χ4n) is 3.15. The predicted molar refractivity (Wildman–Crippen MR) is 127 cm³/mol. The SMILES string of the molecule is CN=C(NCc1ccc(OCC2CC2)nc1)N1CCC(NC(=O)OC(C)(C)C)C1.I. The van der Waals surface area contributed by atoms with E-state index < -0.39 is 5.60 Å². The first kappa shape index (κ1) is 24.5. The number of guanidine groups is 1. The molecule has 3 rings (SSSR count). The Kier molecular flexibility index (Phi) is 8.99. The molecule has 2 aliphatic rings. The number of alkyl carbamates (subject to hydrolysis) is 1. The Morgan fingerprint density at radius 3 is 2.67 bits per heavy atom. The number of rotatable bonds is 6. The van der Waals surface area contributed by atoms with Gasteiger partial charge >= 0.3 is 6.09 Å². The largest absolute Gasteiger partial charge is 0.477 e. The normalized spacial score (nSPS) is 19.1. The van der Waals surface area contributed by atoms with E-state index in [9.17, 15) is 4.79 Å². The van der Waals surface area contributed by atoms with Crippen molar-refractivity contribution >= 4 is 36.0 Å². The number of amides is 1. The first-order chi connectivity index (χ1) is 13.8. The van der Waals surface area contributed by atoms with Crippen LogP contribution in [0.3, 0.4) is 0 Å². The molecule has 8 nitrogen and oxygen atoms in total. The molecular formula is C21H34IN5O3. The molecule has 1 unspecified atom stereocenters. The van der Waals surface area contributed by atoms with Gasteiger partial charge in [-0.25, -0.2) is 9.78 Å². The van der Waals surface area contributed by atoms with Gasteiger partial charge < -0.3 is 25.0 Å². The van der Waals surface area contributed by atoms with Crippen LogP contribution in [0.1, 0.15) is 45.6 Å². The summed E-state index contributed by atoms with van der Waals surface area (Å²) < 4.78 is 11.0. The van der Waals surface area contributed by atoms with Crippen LogP contribution in [0.4, 0.5) is 4.79 Å². The van der Waals surface area contributed by atoms with Crippen molar-refractivity contribution in [3.8, 4) is 5.88 Å². The van der Waals surface area contributed by atoms with Crippen LogP contribution in [-0.2, 0) is 11.3 Å². The van der Waals surface area contributed by atoms with Gasteiger partial charge in [-0.2, -0.15) is 0 Å². The number of halogens is 1. The van der Waals surface area contributed by atoms with Gasteiger partial charge in [-0.3, -0.25) is 4.99 Å². The molecular weight excluding hydrogens is 497 g/mol. The highest BCUT2D eigenvalue weighted by Gasteiger charge is 2.27. The summed E-state index contributed by atoms with van der Waals surface area (Å²) in [6.45, 7) is 8.51. The number of likely N-dealkylation sites (tertiary alicyclic amines) is 1. The molecule has 1 saturated heterocycles. The molecule has 1 aliphatic carbocycles. The Balaban J connectivity index is 0.00000320. The van der Waals surface area contributed by atoms with E-state index in [0.29, 0.717) is 19.0 Å². The van der Waals surface area contributed by atoms with Gasteiger partial charge in [0.05, 0.1) is 12.6 Å². The molecule has 0 spiro atoms. The third kappa shape index (κ3) is 8.16. The lowest BCUT2D eigenvalue weighted by atomic mass is 10.2. The van der Waals surface area contributed by atoms with Crippen LogP contribution in [-0.4, -0.2) is 60.3 Å². The lowest BCUT2D eigenvalue weighted by Crippen LogP contribution is -2.44. The Hall–Kier alpha value is -1.78. The molecule has 2 heterocycles. The number of hydrogen-bond donors (Lipinski definition) is 2. The maximum absolute atomic E-state index is 12.0. The van der Waals surface area contributed by atoms with E-state index in [2.05, 4.69) is 25.5 Å². The third-order valence-corrected chi connectivity index (χ3v) is 4.83. The zero-order valence-electron chi connectivity index (χ0n) is 18.3. The number of carbonyl (C=O) groups excluding carboxylic acids is 1. The summed E-state index contributed by atoms with van der Waals surface area (Å²) >= 11 is 0. The van der Waals surface area contributed by atoms with Crippen molar-refractivity contribution in [2.45, 2.75) is 58.2 Å². The van der Waals surface area contributed by atoms with Gasteiger partial charge in [0.1, 0.15) is 5.60 Å². The van der Waals surface area contributed by atoms with Crippen LogP contribution >= 0.6 is 24.0 Å². The van der Waals surface area contributed by atoms with E-state index in [4.69, 9.17) is 9.47 Å². The van der Waals surface area contributed by atoms with Crippen molar-refractivity contribution in [1.82, 2.24) is 20.5 Å². The number of nitrogens with zero attached hydrogens (tertiary/aromatic N) is 3. The minimum absolute atomic E-state index is 0. The van der Waals surface area contributed by atoms with Crippen LogP contribution in [0, 0.1) is 5.92 Å². The molecule has 1 saturated carbocycles. The number of carbonyl (C=O) groups is 1. The van der Waals surface area contributed by atoms with Gasteiger partial charge in [-0.05, 0) is 51.5 Å². The number of ether oxygens (including phenoxy) is 2. The molecule has 0 radical (unpaired) electrons. The molecule has 0 aromatic carbocycles. The molecule has 2 fully saturated rings. The Labute approximate surface area is 196 Å². The van der Waals surface area contributed by atoms with Crippen molar-refractivity contribution in [3.05, 3.63) is 23.9 Å². The Bertz CT molecular complexity index is 716. The summed E-state index contributed by atoms with van der Waals surface area (Å²) in [5.41, 5.74) is 0.569. The number of pyridine rings is 1. The van der Waals surface area contributed by atoms with Gasteiger partial charge in [-0.15, -0.1) is 24.0 Å². The molecule has 1 amide bonds. The molecule has 2 N–H and O–H groups in total. The summed E-state index contributed by atoms with van der Waals surface area (Å²) in [6, 6.07) is 3.98. The lowest BCUT2D eigenvalue weighted by Gasteiger charge is -2.23. The quantitative estimate of drug-likeness (QED) is 0.333. The molecule has 1 aliphatic heterocycles. The second-order valence-corrected chi connectivity index (χ2v) is 8.74. The summed E-state index contributed by atoms with van der Waals surface area (Å²) in [5.74, 6) is 2.21. The van der Waals surface area contributed by atoms with Crippen LogP contribution in [0.15, 0.2) is 23.3 Å². The van der Waals surface area contributed by atoms with E-state index in [1.165, 1.54) is 12.8 Å². The summed E-state index contributed by atoms with van der Waals surface area (Å²) in [7, 11) is 1.77. The van der Waals surface area contributed by atoms with Crippen LogP contribution in [0.5, 0.6) is 5.88 Å². The lowest BCUT2D eigenvalue weighted by molar-refractivity contribution is 0.0507. The standard InChI is InChI=1S/C21H33N5O3.HI/c1-21(2,3)29-20(27)25-17-9-10-26(13-17)19(22-4)24-12-16-7-8-18(23-11-16)28-14-15-5-6-15;/h7-8,11,15,17H,5-6,9-10,12-14H2,1-4H3,(H,22,24)(H,25,27);1H. The Morgan fingerprint density at radius 2 is 2.07 bits per heavy atom. The zero-order valence-corrected chi connectivity index (χ0v) is 20.6. The molecule has 1 aromatic heterocycles. The smallest absolute Gasteiger partial charge is 0.407 e. The van der Waals surface area contributed by atoms with E-state index in [-0.39, 0.29) is 36.1 Å². The van der Waals surface area contributed by atoms with Crippen molar-refractivity contribution in [1.29, 1.82) is 0 Å². The molecule has 0 bridgehead atoms. The number of aliphatic imine (C=N–C) groups is 1. The second kappa shape index (κ2) is 11.0. The first-order valence-electron chi connectivity index (χ1n) is 10.4. The third-order valence-electron chi connectivity index (χ3n) is 4.83. The minimum atomic E-state index is -0.494. The fraction of sp³-hybridized carbons (Fsp3) is 0.667. The maximum atomic E-state index is 12.0. The van der Waals surface area contributed by atoms with Crippen molar-refractivity contribution in [2.24, 2.45) is 10.9 Å². The van der Waals surface area contributed by atoms with Crippen molar-refractivity contribution in [3.63, 3.8) is 0 Å². The van der Waals surface area contributed by atoms with Gasteiger partial charge in [0.25, 0.3) is 0 Å². The number of aromatic nitrogens is 1. The zero-order chi connectivity index (χ0) is 20.9. The average molecular weight is 531 g/mol. The number of hydrogen-bond acceptors (Lipinski definition) is 5. The molecule has 30 heavy (non-hydrogen) atoms. The monoisotopic (exact) mass is 531 g/mol. The van der Waals surface area contributed by atoms with Gasteiger partial charge in [-0.1, -0.05) is 6.07 Å². The van der Waals surface area contributed by atoms with Gasteiger partial charge in [0.2, 0.25) is 5.88 Å². The highest BCUT2D eigenvalue weighted by molar-refractivity contribution is 14.0. The summed E-state index contributed by atoms with van der Waals surface area (Å²) in [4.78, 5) is 22.9. The second-order valence-electron chi connectivity index (χ2n) is 8.74. The van der Waals surface area contributed by atoms with Crippen molar-refractivity contribution in [2.75, 3.05) is 26.7 Å². The summed E-state index contributed by atoms with van der Waals surface area (Å²) in [6.07, 6.45) is 4.85. The molecule has 168 valence electrons. The number of nitrogens with one attached hydrogen (secondary N) is 2. The highest BCUT2D eigenvalue weighted by Crippen LogP contribution is 2.29. The van der Waals surface area contributed by atoms with Crippen molar-refractivity contribution < 1.29 is 14.3 Å². The van der Waals surface area contributed by atoms with E-state index in [1.54, 1.807) is 7.05 Å². The highest BCUT2D eigenvalue weighted by atomic mass is 127. The van der Waals surface area contributed by atoms with Crippen LogP contribution in [0.2, 0.25) is 0 Å². The fourth-order valence-corrected chi connectivity index (χ4v) is 3.15. The predicted octanol–water partition coefficient (Wildman–Crippen LogP) is 3.16. The van der Waals surface area contributed by atoms with E-state index in [0.717, 1.165) is 37.0 Å². The van der Waals surface area contributed by atoms with Crippen LogP contribution in [0.25, 0.3) is 0 Å². The minimum Gasteiger partial charge on any atom is -0.477 e. The van der Waals surface area contributed by atoms with Crippen LogP contribution < -0.4 is 15.4 Å². The molecule has 1 aromatic rings. The maximum Gasteiger partial charge on any atom is 0.407 e. The van der Waals surface area contributed by atoms with Gasteiger partial charge in [0, 0.05) is 38.9 Å². The van der Waals surface area contributed by atoms with E-state index in [1.807, 2.05) is 39.1 Å². The topological polar surface area (TPSA) is 88.1 Å². The Morgan fingerprint density at radius 1 is 1.30 bits per heavy atom. The average Bonchev–Trinajstić information content (AvgIpc) is 3.38. The summed E-state index contributed by atoms with van der Waals surface area (Å²) in [5, 5.41) is 6.31.